The number of aromatic amines is 1. The quantitative estimate of drug-likeness (QED) is 0.490. The summed E-state index contributed by atoms with van der Waals surface area (Å²) in [4.78, 5) is 35.0. The fourth-order valence-electron chi connectivity index (χ4n) is 4.07. The maximum Gasteiger partial charge on any atom is 0.263 e. The molecule has 30 heavy (non-hydrogen) atoms. The van der Waals surface area contributed by atoms with E-state index in [2.05, 4.69) is 15.3 Å². The van der Waals surface area contributed by atoms with Crippen molar-refractivity contribution in [3.8, 4) is 0 Å². The van der Waals surface area contributed by atoms with Crippen molar-refractivity contribution in [2.24, 2.45) is 0 Å². The Kier molecular flexibility index (Phi) is 4.71. The van der Waals surface area contributed by atoms with Crippen LogP contribution in [0.2, 0.25) is 0 Å². The van der Waals surface area contributed by atoms with E-state index in [1.165, 1.54) is 29.7 Å². The Morgan fingerprint density at radius 3 is 3.00 bits per heavy atom. The van der Waals surface area contributed by atoms with E-state index in [4.69, 9.17) is 0 Å². The zero-order valence-electron chi connectivity index (χ0n) is 16.0. The number of carbonyl (C=O) groups is 1. The number of hydrogen-bond acceptors (Lipinski definition) is 5. The van der Waals surface area contributed by atoms with Gasteiger partial charge in [-0.3, -0.25) is 9.59 Å². The highest BCUT2D eigenvalue weighted by Crippen LogP contribution is 2.29. The number of benzene rings is 1. The molecule has 0 bridgehead atoms. The van der Waals surface area contributed by atoms with Gasteiger partial charge in [0.1, 0.15) is 11.6 Å². The number of carbonyl (C=O) groups excluding carboxylic acids is 1. The van der Waals surface area contributed by atoms with Crippen LogP contribution in [0.1, 0.15) is 22.5 Å². The third-order valence-electron chi connectivity index (χ3n) is 5.46. The number of halogens is 1. The number of nitrogens with one attached hydrogen (secondary N) is 2. The summed E-state index contributed by atoms with van der Waals surface area (Å²) < 4.78 is 14.0. The molecule has 1 saturated heterocycles. The van der Waals surface area contributed by atoms with Gasteiger partial charge in [0.25, 0.3) is 11.5 Å². The minimum absolute atomic E-state index is 0.0165. The minimum atomic E-state index is -0.408. The first kappa shape index (κ1) is 18.7. The molecule has 1 aromatic carbocycles. The second kappa shape index (κ2) is 7.53. The second-order valence-corrected chi connectivity index (χ2v) is 8.38. The molecular formula is C22H19FN4O2S. The number of thiophene rings is 1. The van der Waals surface area contributed by atoms with Gasteiger partial charge in [0.15, 0.2) is 0 Å². The lowest BCUT2D eigenvalue weighted by Crippen LogP contribution is -2.45. The number of piperidine rings is 1. The fraction of sp³-hybridized carbons (Fsp3) is 0.227. The van der Waals surface area contributed by atoms with E-state index in [0.29, 0.717) is 34.0 Å². The lowest BCUT2D eigenvalue weighted by atomic mass is 10.0. The molecule has 0 aliphatic carbocycles. The third-order valence-corrected chi connectivity index (χ3v) is 6.32. The first-order valence-corrected chi connectivity index (χ1v) is 10.7. The highest BCUT2D eigenvalue weighted by Gasteiger charge is 2.26. The van der Waals surface area contributed by atoms with Crippen LogP contribution in [0.15, 0.2) is 52.8 Å². The van der Waals surface area contributed by atoms with E-state index in [1.54, 1.807) is 12.1 Å². The molecule has 3 aromatic heterocycles. The van der Waals surface area contributed by atoms with Crippen LogP contribution < -0.4 is 10.9 Å². The smallest absolute Gasteiger partial charge is 0.263 e. The standard InChI is InChI=1S/C22H19FN4O2S/c23-13-5-6-15-16(11-13)19-17(7-8-24-21(19)28)26-20(15)25-14-3-1-9-27(12-14)22(29)18-4-2-10-30-18/h2,4-8,10-11,14H,1,3,9,12H2,(H,24,28)(H,25,26)/t14-/m1/s1. The number of amides is 1. The number of rotatable bonds is 3. The Bertz CT molecular complexity index is 1300. The first-order chi connectivity index (χ1) is 14.6. The number of nitrogens with zero attached hydrogens (tertiary/aromatic N) is 2. The van der Waals surface area contributed by atoms with Crippen LogP contribution >= 0.6 is 11.3 Å². The predicted octanol–water partition coefficient (Wildman–Crippen LogP) is 3.99. The lowest BCUT2D eigenvalue weighted by molar-refractivity contribution is 0.0719. The van der Waals surface area contributed by atoms with Crippen molar-refractivity contribution in [2.75, 3.05) is 18.4 Å². The predicted molar refractivity (Wildman–Crippen MR) is 117 cm³/mol. The van der Waals surface area contributed by atoms with Crippen LogP contribution in [-0.2, 0) is 0 Å². The van der Waals surface area contributed by atoms with Crippen LogP contribution in [0.4, 0.5) is 10.2 Å². The van der Waals surface area contributed by atoms with Crippen molar-refractivity contribution in [1.82, 2.24) is 14.9 Å². The second-order valence-electron chi connectivity index (χ2n) is 7.43. The largest absolute Gasteiger partial charge is 0.365 e. The van der Waals surface area contributed by atoms with Crippen molar-refractivity contribution < 1.29 is 9.18 Å². The maximum absolute atomic E-state index is 14.0. The number of hydrogen-bond donors (Lipinski definition) is 2. The molecule has 152 valence electrons. The van der Waals surface area contributed by atoms with Gasteiger partial charge in [0, 0.05) is 36.1 Å². The van der Waals surface area contributed by atoms with Crippen LogP contribution in [0.3, 0.4) is 0 Å². The third kappa shape index (κ3) is 3.33. The van der Waals surface area contributed by atoms with Gasteiger partial charge >= 0.3 is 0 Å². The molecule has 0 saturated carbocycles. The summed E-state index contributed by atoms with van der Waals surface area (Å²) in [6, 6.07) is 9.82. The average Bonchev–Trinajstić information content (AvgIpc) is 3.28. The molecule has 1 aliphatic rings. The maximum atomic E-state index is 14.0. The van der Waals surface area contributed by atoms with Gasteiger partial charge in [-0.25, -0.2) is 9.37 Å². The Labute approximate surface area is 175 Å². The Balaban J connectivity index is 1.50. The van der Waals surface area contributed by atoms with E-state index in [1.807, 2.05) is 22.4 Å². The molecule has 8 heteroatoms. The molecule has 1 fully saturated rings. The molecule has 0 spiro atoms. The lowest BCUT2D eigenvalue weighted by Gasteiger charge is -2.33. The fourth-order valence-corrected chi connectivity index (χ4v) is 4.76. The van der Waals surface area contributed by atoms with Gasteiger partial charge in [-0.2, -0.15) is 0 Å². The van der Waals surface area contributed by atoms with E-state index >= 15 is 0 Å². The normalized spacial score (nSPS) is 16.8. The van der Waals surface area contributed by atoms with Crippen LogP contribution in [0.5, 0.6) is 0 Å². The number of likely N-dealkylation sites (tertiary alicyclic amines) is 1. The van der Waals surface area contributed by atoms with Gasteiger partial charge in [-0.15, -0.1) is 11.3 Å². The minimum Gasteiger partial charge on any atom is -0.365 e. The Morgan fingerprint density at radius 1 is 1.27 bits per heavy atom. The summed E-state index contributed by atoms with van der Waals surface area (Å²) in [5.74, 6) is 0.231. The first-order valence-electron chi connectivity index (χ1n) is 9.80. The molecule has 1 aliphatic heterocycles. The van der Waals surface area contributed by atoms with Crippen molar-refractivity contribution in [3.05, 3.63) is 69.0 Å². The highest BCUT2D eigenvalue weighted by atomic mass is 32.1. The molecule has 0 unspecified atom stereocenters. The molecular weight excluding hydrogens is 403 g/mol. The summed E-state index contributed by atoms with van der Waals surface area (Å²) >= 11 is 1.44. The van der Waals surface area contributed by atoms with Crippen LogP contribution in [0, 0.1) is 5.82 Å². The summed E-state index contributed by atoms with van der Waals surface area (Å²) in [5, 5.41) is 6.92. The molecule has 6 nitrogen and oxygen atoms in total. The highest BCUT2D eigenvalue weighted by molar-refractivity contribution is 7.12. The molecule has 2 N–H and O–H groups in total. The molecule has 4 aromatic rings. The van der Waals surface area contributed by atoms with Gasteiger partial charge in [-0.05, 0) is 48.6 Å². The topological polar surface area (TPSA) is 78.1 Å². The van der Waals surface area contributed by atoms with Gasteiger partial charge in [0.05, 0.1) is 15.8 Å². The zero-order valence-corrected chi connectivity index (χ0v) is 16.8. The molecule has 0 radical (unpaired) electrons. The summed E-state index contributed by atoms with van der Waals surface area (Å²) in [5.41, 5.74) is 0.203. The zero-order chi connectivity index (χ0) is 20.7. The van der Waals surface area contributed by atoms with Crippen LogP contribution in [0.25, 0.3) is 21.7 Å². The number of fused-ring (bicyclic) bond motifs is 3. The number of H-pyrrole nitrogens is 1. The molecule has 4 heterocycles. The Morgan fingerprint density at radius 2 is 2.17 bits per heavy atom. The van der Waals surface area contributed by atoms with Gasteiger partial charge < -0.3 is 15.2 Å². The van der Waals surface area contributed by atoms with E-state index in [0.717, 1.165) is 24.3 Å². The Hall–Kier alpha value is -3.26. The number of pyridine rings is 2. The monoisotopic (exact) mass is 422 g/mol. The van der Waals surface area contributed by atoms with Crippen LogP contribution in [-0.4, -0.2) is 39.9 Å². The van der Waals surface area contributed by atoms with Crippen molar-refractivity contribution in [1.29, 1.82) is 0 Å². The van der Waals surface area contributed by atoms with E-state index in [9.17, 15) is 14.0 Å². The van der Waals surface area contributed by atoms with Gasteiger partial charge in [0.2, 0.25) is 0 Å². The summed E-state index contributed by atoms with van der Waals surface area (Å²) in [6.45, 7) is 1.29. The van der Waals surface area contributed by atoms with Crippen molar-refractivity contribution in [3.63, 3.8) is 0 Å². The molecule has 1 amide bonds. The summed E-state index contributed by atoms with van der Waals surface area (Å²) in [7, 11) is 0. The van der Waals surface area contributed by atoms with Gasteiger partial charge in [-0.1, -0.05) is 6.07 Å². The number of anilines is 1. The van der Waals surface area contributed by atoms with E-state index < -0.39 is 5.82 Å². The molecule has 5 rings (SSSR count). The van der Waals surface area contributed by atoms with E-state index in [-0.39, 0.29) is 17.5 Å². The average molecular weight is 422 g/mol. The summed E-state index contributed by atoms with van der Waals surface area (Å²) in [6.07, 6.45) is 3.31. The molecule has 1 atom stereocenters. The van der Waals surface area contributed by atoms with Crippen molar-refractivity contribution in [2.45, 2.75) is 18.9 Å². The van der Waals surface area contributed by atoms with Crippen molar-refractivity contribution >= 4 is 44.7 Å². The number of aromatic nitrogens is 2. The SMILES string of the molecule is O=C(c1cccs1)N1CCC[C@@H](Nc2nc3cc[nH]c(=O)c3c3cc(F)ccc23)C1.